The molecule has 6 N–H and O–H groups in total. The number of nitrogens with zero attached hydrogens (tertiary/aromatic N) is 11. The zero-order chi connectivity index (χ0) is 99.4. The molecule has 138 heavy (non-hydrogen) atoms. The van der Waals surface area contributed by atoms with Gasteiger partial charge in [-0.1, -0.05) is 238 Å². The highest BCUT2D eigenvalue weighted by atomic mass is 35.5. The number of aryl methyl sites for hydroxylation is 6. The van der Waals surface area contributed by atoms with Crippen molar-refractivity contribution in [3.63, 3.8) is 0 Å². The van der Waals surface area contributed by atoms with Crippen molar-refractivity contribution in [3.05, 3.63) is 256 Å². The zero-order valence-electron chi connectivity index (χ0n) is 78.4. The number of aromatic amines is 1. The predicted octanol–water partition coefficient (Wildman–Crippen LogP) is 23.5. The van der Waals surface area contributed by atoms with Crippen LogP contribution in [0.2, 0.25) is 40.2 Å². The Bertz CT molecular complexity index is 6150. The summed E-state index contributed by atoms with van der Waals surface area (Å²) in [5.41, 5.74) is 10.5. The molecule has 30 nitrogen and oxygen atoms in total. The molecule has 2 aliphatic heterocycles. The maximum absolute atomic E-state index is 14.0. The lowest BCUT2D eigenvalue weighted by atomic mass is 9.76. The number of nitrogens with one attached hydrogen (secondary N) is 6. The van der Waals surface area contributed by atoms with Crippen LogP contribution in [0.15, 0.2) is 197 Å². The van der Waals surface area contributed by atoms with Crippen molar-refractivity contribution in [3.8, 4) is 23.0 Å². The van der Waals surface area contributed by atoms with Crippen LogP contribution in [0.3, 0.4) is 0 Å². The van der Waals surface area contributed by atoms with Crippen LogP contribution < -0.4 is 54.5 Å². The van der Waals surface area contributed by atoms with E-state index in [0.29, 0.717) is 113 Å². The highest BCUT2D eigenvalue weighted by molar-refractivity contribution is 7.78. The normalized spacial score (nSPS) is 15.4. The van der Waals surface area contributed by atoms with Gasteiger partial charge in [0.05, 0.1) is 61.3 Å². The molecule has 732 valence electrons. The molecule has 8 atom stereocenters. The van der Waals surface area contributed by atoms with Gasteiger partial charge in [-0.3, -0.25) is 44.0 Å². The number of hydrogen-bond donors (Lipinski definition) is 6. The minimum atomic E-state index is -1.96. The summed E-state index contributed by atoms with van der Waals surface area (Å²) in [6.07, 6.45) is 10.3. The summed E-state index contributed by atoms with van der Waals surface area (Å²) in [5.74, 6) is -0.612. The molecule has 0 radical (unpaired) electrons. The van der Waals surface area contributed by atoms with E-state index in [1.54, 1.807) is 66.9 Å². The van der Waals surface area contributed by atoms with Gasteiger partial charge in [-0.2, -0.15) is 29.2 Å². The smallest absolute Gasteiger partial charge is 0.308 e. The van der Waals surface area contributed by atoms with Gasteiger partial charge in [-0.25, -0.2) is 19.7 Å². The van der Waals surface area contributed by atoms with Gasteiger partial charge in [0.25, 0.3) is 34.9 Å². The standard InChI is InChI=1S/C34H47ClN6O6S.C33H28Cl4N6O3.C32H36Cl3N5O4/c1-7-9-10-11-12-29(46-27-15-13-22(3)19-23(27)4)34(42)37-26-14-16-28(45-18-17-44-8-2)30(20-26)47-48(43)36-21-24(5)32-38-33-31(35)25(6)39-41(33)40-32;1-4-28(46-23-7-5-6-19(3)14-23)32(44)38-22-12-13-24(35)27(17-22)39-31-29(41-40-21-10-8-18(2)9-11-21)33(45)43(42-31)30-25(36)15-20(34)16-26(30)37;1-4-6-17-44-30(42)22(14-13-21-11-8-7-9-12-21)20-32(3,5-2)31(43)37-28-27(39-16-10-15-36-39)29(41)40(38-28)26-24(34)18-23(33)19-25(26)35/h13-16,19-20,24,29,36,39H,7-12,17-18,21H2,1-6H3,(H,37,42);5-17,28-29H,4H2,1-3H3,(H,38,44)(H,39,42);7-12,15-16,18-19,22,27H,4-6,13-14,17,20H2,1-3H3,(H,37,38,43). The van der Waals surface area contributed by atoms with Crippen LogP contribution in [0.25, 0.3) is 5.65 Å². The molecule has 5 heterocycles. The first-order chi connectivity index (χ1) is 66.2. The molecule has 0 aliphatic carbocycles. The van der Waals surface area contributed by atoms with Crippen molar-refractivity contribution < 1.29 is 60.8 Å². The van der Waals surface area contributed by atoms with Crippen molar-refractivity contribution in [2.75, 3.05) is 53.6 Å². The molecule has 8 aromatic carbocycles. The van der Waals surface area contributed by atoms with Crippen LogP contribution in [0, 0.1) is 46.0 Å². The SMILES string of the molecule is CCC(Oc1cccc(C)c1)C(=O)Nc1ccc(Cl)c(N=C2NN(c3c(Cl)cc(Cl)cc3Cl)C(=O)C2N=Nc2ccc(C)cc2)c1.CCCCCCC(Oc1ccc(C)cc1C)C(=O)Nc1ccc(OCCOCC)c(OS(=O)NCC(C)c2nc3c(Cl)c(C)[nH]n3n2)c1.CCCCOC(=O)C(CCc1ccccc1)CC(C)(CC)C(=O)NC1=NN(c2c(Cl)cc(Cl)cc2Cl)C(=O)C1n1cccn1. The Balaban J connectivity index is 0.000000199. The molecule has 0 saturated carbocycles. The number of amides is 5. The number of halogens is 8. The molecule has 11 aromatic rings. The molecule has 1 saturated heterocycles. The van der Waals surface area contributed by atoms with Crippen molar-refractivity contribution in [1.29, 1.82) is 0 Å². The number of anilines is 4. The number of H-pyrrole nitrogens is 1. The van der Waals surface area contributed by atoms with Gasteiger partial charge in [0.2, 0.25) is 11.9 Å². The zero-order valence-corrected chi connectivity index (χ0v) is 85.3. The summed E-state index contributed by atoms with van der Waals surface area (Å²) in [6.45, 7) is 25.1. The largest absolute Gasteiger partial charge is 0.487 e. The third-order valence-electron chi connectivity index (χ3n) is 22.4. The summed E-state index contributed by atoms with van der Waals surface area (Å²) < 4.78 is 53.8. The van der Waals surface area contributed by atoms with Gasteiger partial charge in [0.15, 0.2) is 52.9 Å². The summed E-state index contributed by atoms with van der Waals surface area (Å²) in [4.78, 5) is 90.6. The minimum Gasteiger partial charge on any atom is -0.487 e. The lowest BCUT2D eigenvalue weighted by molar-refractivity contribution is -0.151. The maximum Gasteiger partial charge on any atom is 0.308 e. The Kier molecular flexibility index (Phi) is 40.1. The molecule has 3 aromatic heterocycles. The lowest BCUT2D eigenvalue weighted by Gasteiger charge is -2.31. The van der Waals surface area contributed by atoms with Gasteiger partial charge < -0.3 is 43.8 Å². The second-order valence-corrected chi connectivity index (χ2v) is 37.5. The van der Waals surface area contributed by atoms with Crippen LogP contribution in [0.1, 0.15) is 170 Å². The fourth-order valence-electron chi connectivity index (χ4n) is 14.5. The summed E-state index contributed by atoms with van der Waals surface area (Å²) in [7, 11) is 0. The number of aliphatic imine (C=N–C) groups is 1. The molecule has 8 unspecified atom stereocenters. The van der Waals surface area contributed by atoms with Gasteiger partial charge in [0.1, 0.15) is 34.5 Å². The quantitative estimate of drug-likeness (QED) is 0.0118. The number of aromatic nitrogens is 6. The van der Waals surface area contributed by atoms with E-state index in [4.69, 9.17) is 121 Å². The molecule has 5 amide bonds. The minimum absolute atomic E-state index is 0.0526. The number of unbranched alkanes of at least 4 members (excludes halogenated alkanes) is 4. The Hall–Kier alpha value is -11.2. The number of rotatable bonds is 42. The fourth-order valence-corrected chi connectivity index (χ4v) is 17.5. The number of hydrazine groups is 1. The Morgan fingerprint density at radius 1 is 0.638 bits per heavy atom. The number of benzene rings is 8. The first-order valence-electron chi connectivity index (χ1n) is 45.3. The molecule has 0 spiro atoms. The first kappa shape index (κ1) is 107. The predicted molar refractivity (Wildman–Crippen MR) is 546 cm³/mol. The fraction of sp³-hybridized carbons (Fsp3) is 0.364. The van der Waals surface area contributed by atoms with E-state index in [1.807, 2.05) is 155 Å². The van der Waals surface area contributed by atoms with Gasteiger partial charge >= 0.3 is 5.97 Å². The number of ether oxygens (including phenoxy) is 5. The number of fused-ring (bicyclic) bond motifs is 1. The van der Waals surface area contributed by atoms with Crippen LogP contribution in [0.4, 0.5) is 34.1 Å². The monoisotopic (exact) mass is 2060 g/mol. The third kappa shape index (κ3) is 29.5. The summed E-state index contributed by atoms with van der Waals surface area (Å²) in [5, 5.41) is 37.5. The number of hydrazone groups is 1. The van der Waals surface area contributed by atoms with Crippen molar-refractivity contribution in [2.24, 2.45) is 31.7 Å². The van der Waals surface area contributed by atoms with Gasteiger partial charge in [0, 0.05) is 64.4 Å². The lowest BCUT2D eigenvalue weighted by Crippen LogP contribution is -2.46. The number of hydrogen-bond acceptors (Lipinski definition) is 20. The van der Waals surface area contributed by atoms with Crippen molar-refractivity contribution >= 4 is 191 Å². The summed E-state index contributed by atoms with van der Waals surface area (Å²) in [6, 6.07) is 45.6. The van der Waals surface area contributed by atoms with E-state index >= 15 is 0 Å². The van der Waals surface area contributed by atoms with Crippen LogP contribution in [0.5, 0.6) is 23.0 Å². The van der Waals surface area contributed by atoms with Crippen LogP contribution in [-0.4, -0.2) is 132 Å². The highest BCUT2D eigenvalue weighted by Crippen LogP contribution is 2.43. The van der Waals surface area contributed by atoms with E-state index in [-0.39, 0.29) is 109 Å². The molecular formula is C99H111Cl8N17O13S. The molecule has 0 bridgehead atoms. The van der Waals surface area contributed by atoms with E-state index < -0.39 is 58.7 Å². The third-order valence-corrected chi connectivity index (χ3v) is 25.5. The number of esters is 1. The van der Waals surface area contributed by atoms with Crippen LogP contribution in [-0.2, 0) is 55.9 Å². The Labute approximate surface area is 845 Å². The van der Waals surface area contributed by atoms with Crippen molar-refractivity contribution in [1.82, 2.24) is 45.1 Å². The van der Waals surface area contributed by atoms with E-state index in [0.717, 1.165) is 82.1 Å². The van der Waals surface area contributed by atoms with E-state index in [2.05, 4.69) is 73.6 Å². The average Bonchev–Trinajstić information content (AvgIpc) is 1.62. The van der Waals surface area contributed by atoms with Crippen molar-refractivity contribution in [2.45, 2.75) is 190 Å². The molecule has 39 heteroatoms. The molecule has 13 rings (SSSR count). The maximum atomic E-state index is 14.0. The number of azo groups is 1. The second-order valence-electron chi connectivity index (χ2n) is 33.2. The topological polar surface area (TPSA) is 355 Å². The second kappa shape index (κ2) is 51.6. The first-order valence-corrected chi connectivity index (χ1v) is 49.4. The Morgan fingerprint density at radius 3 is 1.96 bits per heavy atom. The van der Waals surface area contributed by atoms with Crippen LogP contribution >= 0.6 is 92.8 Å². The molecule has 1 fully saturated rings. The Morgan fingerprint density at radius 2 is 1.30 bits per heavy atom. The van der Waals surface area contributed by atoms with E-state index in [9.17, 15) is 33.0 Å². The average molecular weight is 2060 g/mol. The van der Waals surface area contributed by atoms with E-state index in [1.165, 1.54) is 39.8 Å². The summed E-state index contributed by atoms with van der Waals surface area (Å²) >= 11 is 48.8. The number of amidine groups is 2. The van der Waals surface area contributed by atoms with Gasteiger partial charge in [-0.15, -0.1) is 10.2 Å². The number of carbonyl (C=O) groups is 6. The number of carbonyl (C=O) groups excluding carboxylic acids is 6. The molecule has 2 aliphatic rings. The van der Waals surface area contributed by atoms with Gasteiger partial charge in [-0.05, 0) is 201 Å². The molecular weight excluding hydrogens is 1950 g/mol. The highest BCUT2D eigenvalue weighted by Gasteiger charge is 2.46.